The summed E-state index contributed by atoms with van der Waals surface area (Å²) in [6, 6.07) is 9.78. The SMILES string of the molecule is C=C[C@@](C)(c1ccc(F)cc1)C(C)(C#N)C#N. The maximum Gasteiger partial charge on any atom is 0.153 e. The smallest absolute Gasteiger partial charge is 0.153 e. The van der Waals surface area contributed by atoms with Crippen molar-refractivity contribution in [2.24, 2.45) is 5.41 Å². The molecule has 0 aliphatic carbocycles. The standard InChI is InChI=1S/C14H13FN2/c1-4-14(3,13(2,9-16)10-17)11-5-7-12(15)8-6-11/h4-8H,1H2,2-3H3/t14-/m0/s1. The topological polar surface area (TPSA) is 47.6 Å². The van der Waals surface area contributed by atoms with Crippen molar-refractivity contribution < 1.29 is 4.39 Å². The van der Waals surface area contributed by atoms with Crippen molar-refractivity contribution in [2.75, 3.05) is 0 Å². The molecule has 0 aliphatic heterocycles. The van der Waals surface area contributed by atoms with Crippen molar-refractivity contribution in [1.29, 1.82) is 10.5 Å². The first kappa shape index (κ1) is 12.9. The molecule has 0 radical (unpaired) electrons. The fraction of sp³-hybridized carbons (Fsp3) is 0.286. The fourth-order valence-electron chi connectivity index (χ4n) is 1.66. The summed E-state index contributed by atoms with van der Waals surface area (Å²) in [6.07, 6.45) is 1.56. The van der Waals surface area contributed by atoms with E-state index in [1.54, 1.807) is 32.1 Å². The van der Waals surface area contributed by atoms with E-state index in [1.165, 1.54) is 12.1 Å². The Hall–Kier alpha value is -2.13. The molecule has 2 nitrogen and oxygen atoms in total. The van der Waals surface area contributed by atoms with Crippen LogP contribution in [0.1, 0.15) is 19.4 Å². The quantitative estimate of drug-likeness (QED) is 0.745. The van der Waals surface area contributed by atoms with Gasteiger partial charge in [0.15, 0.2) is 5.41 Å². The molecule has 0 aromatic heterocycles. The largest absolute Gasteiger partial charge is 0.207 e. The van der Waals surface area contributed by atoms with E-state index in [0.29, 0.717) is 5.56 Å². The number of benzene rings is 1. The van der Waals surface area contributed by atoms with Crippen LogP contribution in [0, 0.1) is 33.9 Å². The molecule has 0 unspecified atom stereocenters. The Morgan fingerprint density at radius 1 is 1.18 bits per heavy atom. The molecule has 0 amide bonds. The summed E-state index contributed by atoms with van der Waals surface area (Å²) >= 11 is 0. The van der Waals surface area contributed by atoms with Gasteiger partial charge >= 0.3 is 0 Å². The van der Waals surface area contributed by atoms with Crippen LogP contribution in [-0.4, -0.2) is 0 Å². The fourth-order valence-corrected chi connectivity index (χ4v) is 1.66. The summed E-state index contributed by atoms with van der Waals surface area (Å²) in [5, 5.41) is 18.3. The number of allylic oxidation sites excluding steroid dienone is 1. The first-order valence-corrected chi connectivity index (χ1v) is 5.15. The Morgan fingerprint density at radius 3 is 2.00 bits per heavy atom. The van der Waals surface area contributed by atoms with E-state index in [1.807, 2.05) is 12.1 Å². The highest BCUT2D eigenvalue weighted by atomic mass is 19.1. The van der Waals surface area contributed by atoms with Crippen molar-refractivity contribution >= 4 is 0 Å². The third-order valence-corrected chi connectivity index (χ3v) is 3.34. The number of nitriles is 2. The Kier molecular flexibility index (Phi) is 3.34. The highest BCUT2D eigenvalue weighted by Gasteiger charge is 2.44. The van der Waals surface area contributed by atoms with Gasteiger partial charge in [-0.05, 0) is 31.5 Å². The number of rotatable bonds is 3. The van der Waals surface area contributed by atoms with E-state index < -0.39 is 10.8 Å². The van der Waals surface area contributed by atoms with Crippen molar-refractivity contribution in [3.8, 4) is 12.1 Å². The Labute approximate surface area is 101 Å². The number of hydrogen-bond donors (Lipinski definition) is 0. The van der Waals surface area contributed by atoms with Crippen LogP contribution in [0.3, 0.4) is 0 Å². The third kappa shape index (κ3) is 1.92. The lowest BCUT2D eigenvalue weighted by Gasteiger charge is -2.35. The van der Waals surface area contributed by atoms with Gasteiger partial charge in [0.25, 0.3) is 0 Å². The minimum absolute atomic E-state index is 0.351. The number of hydrogen-bond acceptors (Lipinski definition) is 2. The molecule has 0 N–H and O–H groups in total. The summed E-state index contributed by atoms with van der Waals surface area (Å²) < 4.78 is 12.9. The van der Waals surface area contributed by atoms with Crippen LogP contribution in [0.15, 0.2) is 36.9 Å². The normalized spacial score (nSPS) is 14.2. The first-order chi connectivity index (χ1) is 7.93. The lowest BCUT2D eigenvalue weighted by Crippen LogP contribution is -2.37. The van der Waals surface area contributed by atoms with Gasteiger partial charge in [-0.1, -0.05) is 18.2 Å². The average molecular weight is 228 g/mol. The highest BCUT2D eigenvalue weighted by Crippen LogP contribution is 2.42. The van der Waals surface area contributed by atoms with E-state index in [4.69, 9.17) is 0 Å². The molecule has 1 atom stereocenters. The van der Waals surface area contributed by atoms with Crippen molar-refractivity contribution in [3.63, 3.8) is 0 Å². The zero-order chi connectivity index (χ0) is 13.1. The molecule has 3 heteroatoms. The summed E-state index contributed by atoms with van der Waals surface area (Å²) in [6.45, 7) is 7.00. The average Bonchev–Trinajstić information content (AvgIpc) is 2.37. The van der Waals surface area contributed by atoms with E-state index >= 15 is 0 Å². The predicted octanol–water partition coefficient (Wildman–Crippen LogP) is 3.32. The Morgan fingerprint density at radius 2 is 1.65 bits per heavy atom. The van der Waals surface area contributed by atoms with Gasteiger partial charge in [-0.25, -0.2) is 4.39 Å². The van der Waals surface area contributed by atoms with Crippen molar-refractivity contribution in [1.82, 2.24) is 0 Å². The Bertz CT molecular complexity index is 491. The maximum absolute atomic E-state index is 12.9. The summed E-state index contributed by atoms with van der Waals surface area (Å²) in [7, 11) is 0. The van der Waals surface area contributed by atoms with Crippen LogP contribution in [0.4, 0.5) is 4.39 Å². The van der Waals surface area contributed by atoms with Gasteiger partial charge in [0, 0.05) is 5.41 Å². The van der Waals surface area contributed by atoms with Crippen LogP contribution in [0.2, 0.25) is 0 Å². The second-order valence-corrected chi connectivity index (χ2v) is 4.26. The molecule has 0 saturated carbocycles. The predicted molar refractivity (Wildman–Crippen MR) is 63.3 cm³/mol. The second-order valence-electron chi connectivity index (χ2n) is 4.26. The molecule has 0 bridgehead atoms. The van der Waals surface area contributed by atoms with E-state index in [0.717, 1.165) is 0 Å². The van der Waals surface area contributed by atoms with Crippen molar-refractivity contribution in [3.05, 3.63) is 48.3 Å². The second kappa shape index (κ2) is 4.39. The maximum atomic E-state index is 12.9. The van der Waals surface area contributed by atoms with Crippen LogP contribution in [-0.2, 0) is 5.41 Å². The molecule has 86 valence electrons. The lowest BCUT2D eigenvalue weighted by molar-refractivity contribution is 0.373. The molecule has 0 saturated heterocycles. The number of nitrogens with zero attached hydrogens (tertiary/aromatic N) is 2. The molecular formula is C14H13FN2. The van der Waals surface area contributed by atoms with E-state index in [2.05, 4.69) is 6.58 Å². The molecule has 1 aromatic carbocycles. The highest BCUT2D eigenvalue weighted by molar-refractivity contribution is 5.39. The van der Waals surface area contributed by atoms with Crippen molar-refractivity contribution in [2.45, 2.75) is 19.3 Å². The summed E-state index contributed by atoms with van der Waals surface area (Å²) in [5.41, 5.74) is -1.39. The third-order valence-electron chi connectivity index (χ3n) is 3.34. The van der Waals surface area contributed by atoms with Gasteiger partial charge in [-0.15, -0.1) is 6.58 Å². The van der Waals surface area contributed by atoms with Crippen LogP contribution in [0.25, 0.3) is 0 Å². The number of halogens is 1. The molecule has 0 fully saturated rings. The first-order valence-electron chi connectivity index (χ1n) is 5.15. The van der Waals surface area contributed by atoms with Gasteiger partial charge in [0.05, 0.1) is 12.1 Å². The monoisotopic (exact) mass is 228 g/mol. The van der Waals surface area contributed by atoms with Gasteiger partial charge < -0.3 is 0 Å². The molecule has 17 heavy (non-hydrogen) atoms. The van der Waals surface area contributed by atoms with Crippen LogP contribution >= 0.6 is 0 Å². The van der Waals surface area contributed by atoms with Gasteiger partial charge in [-0.2, -0.15) is 10.5 Å². The molecule has 0 spiro atoms. The lowest BCUT2D eigenvalue weighted by atomic mass is 9.63. The molecule has 1 aromatic rings. The van der Waals surface area contributed by atoms with E-state index in [9.17, 15) is 14.9 Å². The summed E-state index contributed by atoms with van der Waals surface area (Å²) in [4.78, 5) is 0. The zero-order valence-corrected chi connectivity index (χ0v) is 9.87. The van der Waals surface area contributed by atoms with Gasteiger partial charge in [0.1, 0.15) is 5.82 Å². The van der Waals surface area contributed by atoms with Gasteiger partial charge in [-0.3, -0.25) is 0 Å². The minimum Gasteiger partial charge on any atom is -0.207 e. The zero-order valence-electron chi connectivity index (χ0n) is 9.87. The van der Waals surface area contributed by atoms with Crippen LogP contribution < -0.4 is 0 Å². The molecule has 1 rings (SSSR count). The van der Waals surface area contributed by atoms with E-state index in [-0.39, 0.29) is 5.82 Å². The summed E-state index contributed by atoms with van der Waals surface area (Å²) in [5.74, 6) is -0.351. The Balaban J connectivity index is 3.42. The minimum atomic E-state index is -1.24. The molecule has 0 heterocycles. The molecular weight excluding hydrogens is 215 g/mol. The van der Waals surface area contributed by atoms with Crippen LogP contribution in [0.5, 0.6) is 0 Å². The molecule has 0 aliphatic rings. The van der Waals surface area contributed by atoms with Gasteiger partial charge in [0.2, 0.25) is 0 Å².